The Morgan fingerprint density at radius 3 is 2.46 bits per heavy atom. The van der Waals surface area contributed by atoms with Crippen molar-refractivity contribution in [1.82, 2.24) is 15.4 Å². The zero-order chi connectivity index (χ0) is 17.8. The average Bonchev–Trinajstić information content (AvgIpc) is 2.53. The number of rotatable bonds is 6. The van der Waals surface area contributed by atoms with Gasteiger partial charge >= 0.3 is 0 Å². The van der Waals surface area contributed by atoms with E-state index in [4.69, 9.17) is 11.6 Å². The highest BCUT2D eigenvalue weighted by Crippen LogP contribution is 2.26. The minimum atomic E-state index is -3.76. The van der Waals surface area contributed by atoms with Crippen LogP contribution in [0, 0.1) is 5.41 Å². The molecule has 6 nitrogen and oxygen atoms in total. The van der Waals surface area contributed by atoms with Crippen LogP contribution in [0.5, 0.6) is 0 Å². The molecule has 134 valence electrons. The van der Waals surface area contributed by atoms with Gasteiger partial charge in [-0.05, 0) is 62.5 Å². The summed E-state index contributed by atoms with van der Waals surface area (Å²) in [4.78, 5) is 12.3. The zero-order valence-electron chi connectivity index (χ0n) is 13.9. The van der Waals surface area contributed by atoms with Crippen molar-refractivity contribution >= 4 is 27.5 Å². The summed E-state index contributed by atoms with van der Waals surface area (Å²) in [6, 6.07) is 4.96. The number of sulfonamides is 1. The number of hydrogen-bond acceptors (Lipinski definition) is 4. The molecule has 0 bridgehead atoms. The standard InChI is InChI=1S/C16H24ClN3O3S/c1-12(15(21)19-11-16(2)7-9-18-10-8-16)20-24(22,23)14-5-3-13(17)4-6-14/h3-6,12,18,20H,7-11H2,1-2H3,(H,19,21). The molecule has 0 spiro atoms. The summed E-state index contributed by atoms with van der Waals surface area (Å²) >= 11 is 5.76. The summed E-state index contributed by atoms with van der Waals surface area (Å²) in [5.74, 6) is -0.327. The molecule has 8 heteroatoms. The van der Waals surface area contributed by atoms with Crippen LogP contribution in [-0.2, 0) is 14.8 Å². The lowest BCUT2D eigenvalue weighted by Gasteiger charge is -2.34. The van der Waals surface area contributed by atoms with Crippen LogP contribution in [0.3, 0.4) is 0 Å². The van der Waals surface area contributed by atoms with Gasteiger partial charge in [0.2, 0.25) is 15.9 Å². The van der Waals surface area contributed by atoms with Crippen molar-refractivity contribution in [1.29, 1.82) is 0 Å². The first-order chi connectivity index (χ1) is 11.2. The first-order valence-electron chi connectivity index (χ1n) is 7.98. The van der Waals surface area contributed by atoms with E-state index >= 15 is 0 Å². The van der Waals surface area contributed by atoms with E-state index in [-0.39, 0.29) is 16.2 Å². The molecule has 1 amide bonds. The van der Waals surface area contributed by atoms with E-state index in [0.717, 1.165) is 25.9 Å². The van der Waals surface area contributed by atoms with Gasteiger partial charge in [0.15, 0.2) is 0 Å². The Bertz CT molecular complexity index is 670. The smallest absolute Gasteiger partial charge is 0.241 e. The molecule has 1 saturated heterocycles. The summed E-state index contributed by atoms with van der Waals surface area (Å²) in [7, 11) is -3.76. The third-order valence-corrected chi connectivity index (χ3v) is 6.16. The highest BCUT2D eigenvalue weighted by molar-refractivity contribution is 7.89. The number of carbonyl (C=O) groups is 1. The van der Waals surface area contributed by atoms with E-state index in [1.807, 2.05) is 0 Å². The molecule has 3 N–H and O–H groups in total. The zero-order valence-corrected chi connectivity index (χ0v) is 15.5. The van der Waals surface area contributed by atoms with Gasteiger partial charge in [-0.15, -0.1) is 0 Å². The molecule has 0 aliphatic carbocycles. The van der Waals surface area contributed by atoms with Gasteiger partial charge in [0, 0.05) is 11.6 Å². The Morgan fingerprint density at radius 1 is 1.29 bits per heavy atom. The molecule has 2 rings (SSSR count). The summed E-state index contributed by atoms with van der Waals surface area (Å²) < 4.78 is 27.0. The number of hydrogen-bond donors (Lipinski definition) is 3. The van der Waals surface area contributed by atoms with Crippen LogP contribution < -0.4 is 15.4 Å². The molecule has 1 aromatic rings. The van der Waals surface area contributed by atoms with Crippen molar-refractivity contribution in [3.05, 3.63) is 29.3 Å². The number of halogens is 1. The van der Waals surface area contributed by atoms with Crippen LogP contribution in [0.4, 0.5) is 0 Å². The van der Waals surface area contributed by atoms with Gasteiger partial charge in [0.05, 0.1) is 10.9 Å². The quantitative estimate of drug-likeness (QED) is 0.705. The molecule has 0 saturated carbocycles. The topological polar surface area (TPSA) is 87.3 Å². The van der Waals surface area contributed by atoms with Crippen molar-refractivity contribution in [2.45, 2.75) is 37.6 Å². The Hall–Kier alpha value is -1.15. The Kier molecular flexibility index (Phi) is 6.25. The molecule has 1 aliphatic heterocycles. The fraction of sp³-hybridized carbons (Fsp3) is 0.562. The second kappa shape index (κ2) is 7.82. The van der Waals surface area contributed by atoms with Crippen LogP contribution in [-0.4, -0.2) is 40.0 Å². The van der Waals surface area contributed by atoms with E-state index < -0.39 is 16.1 Å². The van der Waals surface area contributed by atoms with Crippen LogP contribution in [0.1, 0.15) is 26.7 Å². The van der Waals surface area contributed by atoms with E-state index in [1.165, 1.54) is 31.2 Å². The number of amides is 1. The normalized spacial score (nSPS) is 18.8. The first kappa shape index (κ1) is 19.2. The summed E-state index contributed by atoms with van der Waals surface area (Å²) in [6.45, 7) is 6.08. The van der Waals surface area contributed by atoms with Crippen molar-refractivity contribution in [2.24, 2.45) is 5.41 Å². The molecule has 1 heterocycles. The second-order valence-corrected chi connectivity index (χ2v) is 8.73. The van der Waals surface area contributed by atoms with Gasteiger partial charge in [-0.25, -0.2) is 8.42 Å². The minimum absolute atomic E-state index is 0.0513. The third-order valence-electron chi connectivity index (χ3n) is 4.35. The number of carbonyl (C=O) groups excluding carboxylic acids is 1. The van der Waals surface area contributed by atoms with E-state index in [2.05, 4.69) is 22.3 Å². The molecule has 0 aromatic heterocycles. The highest BCUT2D eigenvalue weighted by Gasteiger charge is 2.28. The minimum Gasteiger partial charge on any atom is -0.354 e. The fourth-order valence-corrected chi connectivity index (χ4v) is 3.96. The molecular weight excluding hydrogens is 350 g/mol. The Balaban J connectivity index is 1.92. The maximum absolute atomic E-state index is 12.3. The Labute approximate surface area is 148 Å². The summed E-state index contributed by atoms with van der Waals surface area (Å²) in [5, 5.41) is 6.60. The maximum Gasteiger partial charge on any atom is 0.241 e. The fourth-order valence-electron chi connectivity index (χ4n) is 2.63. The average molecular weight is 374 g/mol. The van der Waals surface area contributed by atoms with E-state index in [0.29, 0.717) is 11.6 Å². The van der Waals surface area contributed by atoms with Crippen LogP contribution in [0.15, 0.2) is 29.2 Å². The maximum atomic E-state index is 12.3. The van der Waals surface area contributed by atoms with Gasteiger partial charge < -0.3 is 10.6 Å². The third kappa shape index (κ3) is 5.17. The molecule has 0 radical (unpaired) electrons. The monoisotopic (exact) mass is 373 g/mol. The lowest BCUT2D eigenvalue weighted by Crippen LogP contribution is -2.49. The largest absolute Gasteiger partial charge is 0.354 e. The van der Waals surface area contributed by atoms with Crippen molar-refractivity contribution in [2.75, 3.05) is 19.6 Å². The SMILES string of the molecule is CC(NS(=O)(=O)c1ccc(Cl)cc1)C(=O)NCC1(C)CCNCC1. The van der Waals surface area contributed by atoms with Crippen LogP contribution in [0.2, 0.25) is 5.02 Å². The van der Waals surface area contributed by atoms with Crippen molar-refractivity contribution in [3.8, 4) is 0 Å². The van der Waals surface area contributed by atoms with Gasteiger partial charge in [-0.1, -0.05) is 18.5 Å². The van der Waals surface area contributed by atoms with Gasteiger partial charge in [-0.2, -0.15) is 4.72 Å². The molecule has 1 fully saturated rings. The number of nitrogens with one attached hydrogen (secondary N) is 3. The van der Waals surface area contributed by atoms with Gasteiger partial charge in [0.25, 0.3) is 0 Å². The number of benzene rings is 1. The summed E-state index contributed by atoms with van der Waals surface area (Å²) in [6.07, 6.45) is 1.97. The molecule has 24 heavy (non-hydrogen) atoms. The lowest BCUT2D eigenvalue weighted by molar-refractivity contribution is -0.122. The highest BCUT2D eigenvalue weighted by atomic mass is 35.5. The second-order valence-electron chi connectivity index (χ2n) is 6.58. The summed E-state index contributed by atoms with van der Waals surface area (Å²) in [5.41, 5.74) is 0.0513. The van der Waals surface area contributed by atoms with Crippen molar-refractivity contribution < 1.29 is 13.2 Å². The predicted molar refractivity (Wildman–Crippen MR) is 94.5 cm³/mol. The van der Waals surface area contributed by atoms with Gasteiger partial charge in [-0.3, -0.25) is 4.79 Å². The van der Waals surface area contributed by atoms with Crippen molar-refractivity contribution in [3.63, 3.8) is 0 Å². The number of piperidine rings is 1. The molecule has 1 aromatic carbocycles. The lowest BCUT2D eigenvalue weighted by atomic mass is 9.81. The Morgan fingerprint density at radius 2 is 1.88 bits per heavy atom. The molecule has 1 unspecified atom stereocenters. The molecular formula is C16H24ClN3O3S. The molecule has 1 aliphatic rings. The molecule has 1 atom stereocenters. The van der Waals surface area contributed by atoms with Crippen LogP contribution >= 0.6 is 11.6 Å². The van der Waals surface area contributed by atoms with E-state index in [1.54, 1.807) is 0 Å². The van der Waals surface area contributed by atoms with Crippen LogP contribution in [0.25, 0.3) is 0 Å². The first-order valence-corrected chi connectivity index (χ1v) is 9.84. The predicted octanol–water partition coefficient (Wildman–Crippen LogP) is 1.51. The van der Waals surface area contributed by atoms with E-state index in [9.17, 15) is 13.2 Å². The van der Waals surface area contributed by atoms with Gasteiger partial charge in [0.1, 0.15) is 0 Å².